The molecule has 0 bridgehead atoms. The van der Waals surface area contributed by atoms with Crippen LogP contribution in [0.2, 0.25) is 0 Å². The van der Waals surface area contributed by atoms with E-state index < -0.39 is 5.97 Å². The van der Waals surface area contributed by atoms with Gasteiger partial charge in [0, 0.05) is 6.08 Å². The molecule has 0 amide bonds. The average Bonchev–Trinajstić information content (AvgIpc) is 2.54. The van der Waals surface area contributed by atoms with Gasteiger partial charge in [0.05, 0.1) is 6.61 Å². The number of hydrogen-bond donors (Lipinski definition) is 1. The molecule has 0 radical (unpaired) electrons. The second-order valence-corrected chi connectivity index (χ2v) is 4.73. The van der Waals surface area contributed by atoms with Crippen LogP contribution in [0, 0.1) is 5.82 Å². The Hall–Kier alpha value is -2.82. The van der Waals surface area contributed by atoms with Gasteiger partial charge in [-0.3, -0.25) is 0 Å². The Morgan fingerprint density at radius 1 is 1.13 bits per heavy atom. The van der Waals surface area contributed by atoms with E-state index in [-0.39, 0.29) is 12.4 Å². The Kier molecular flexibility index (Phi) is 5.74. The van der Waals surface area contributed by atoms with Gasteiger partial charge < -0.3 is 14.6 Å². The number of benzene rings is 2. The van der Waals surface area contributed by atoms with E-state index in [0.717, 1.165) is 11.6 Å². The maximum Gasteiger partial charge on any atom is 0.328 e. The number of carbonyl (C=O) groups is 1. The van der Waals surface area contributed by atoms with Crippen molar-refractivity contribution in [3.8, 4) is 11.5 Å². The molecule has 1 N–H and O–H groups in total. The van der Waals surface area contributed by atoms with Gasteiger partial charge in [-0.25, -0.2) is 9.18 Å². The van der Waals surface area contributed by atoms with Crippen molar-refractivity contribution in [3.05, 3.63) is 65.5 Å². The van der Waals surface area contributed by atoms with Crippen LogP contribution in [-0.4, -0.2) is 17.7 Å². The fourth-order valence-electron chi connectivity index (χ4n) is 1.93. The second-order valence-electron chi connectivity index (χ2n) is 4.73. The predicted molar refractivity (Wildman–Crippen MR) is 85.0 cm³/mol. The highest BCUT2D eigenvalue weighted by molar-refractivity contribution is 5.85. The first kappa shape index (κ1) is 16.5. The third kappa shape index (κ3) is 5.14. The lowest BCUT2D eigenvalue weighted by Crippen LogP contribution is -2.00. The van der Waals surface area contributed by atoms with E-state index in [1.807, 2.05) is 6.92 Å². The van der Waals surface area contributed by atoms with E-state index in [0.29, 0.717) is 23.7 Å². The average molecular weight is 316 g/mol. The molecule has 2 aromatic carbocycles. The molecule has 0 aliphatic carbocycles. The summed E-state index contributed by atoms with van der Waals surface area (Å²) < 4.78 is 24.1. The fourth-order valence-corrected chi connectivity index (χ4v) is 1.93. The Morgan fingerprint density at radius 3 is 2.52 bits per heavy atom. The fraction of sp³-hybridized carbons (Fsp3) is 0.167. The van der Waals surface area contributed by atoms with Crippen molar-refractivity contribution >= 4 is 12.0 Å². The molecule has 0 fully saturated rings. The van der Waals surface area contributed by atoms with Crippen molar-refractivity contribution in [2.45, 2.75) is 13.5 Å². The van der Waals surface area contributed by atoms with E-state index >= 15 is 0 Å². The topological polar surface area (TPSA) is 55.8 Å². The molecule has 0 heterocycles. The highest BCUT2D eigenvalue weighted by atomic mass is 19.1. The molecule has 0 aliphatic rings. The van der Waals surface area contributed by atoms with Gasteiger partial charge in [-0.15, -0.1) is 0 Å². The minimum atomic E-state index is -1.01. The summed E-state index contributed by atoms with van der Waals surface area (Å²) in [6.07, 6.45) is 2.54. The summed E-state index contributed by atoms with van der Waals surface area (Å²) >= 11 is 0. The molecular weight excluding hydrogens is 299 g/mol. The lowest BCUT2D eigenvalue weighted by Gasteiger charge is -2.12. The SMILES string of the molecule is CCOc1cc(/C=C/C(=O)O)ccc1OCc1ccc(F)cc1. The van der Waals surface area contributed by atoms with Gasteiger partial charge in [-0.05, 0) is 48.4 Å². The van der Waals surface area contributed by atoms with Crippen molar-refractivity contribution in [2.75, 3.05) is 6.61 Å². The molecule has 0 saturated carbocycles. The quantitative estimate of drug-likeness (QED) is 0.787. The van der Waals surface area contributed by atoms with E-state index in [4.69, 9.17) is 14.6 Å². The number of hydrogen-bond acceptors (Lipinski definition) is 3. The summed E-state index contributed by atoms with van der Waals surface area (Å²) in [4.78, 5) is 10.6. The molecule has 2 aromatic rings. The zero-order chi connectivity index (χ0) is 16.7. The van der Waals surface area contributed by atoms with Crippen LogP contribution in [0.5, 0.6) is 11.5 Å². The molecule has 23 heavy (non-hydrogen) atoms. The summed E-state index contributed by atoms with van der Waals surface area (Å²) in [6, 6.07) is 11.2. The highest BCUT2D eigenvalue weighted by Gasteiger charge is 2.06. The Morgan fingerprint density at radius 2 is 1.87 bits per heavy atom. The van der Waals surface area contributed by atoms with Gasteiger partial charge in [-0.2, -0.15) is 0 Å². The van der Waals surface area contributed by atoms with Crippen LogP contribution in [0.4, 0.5) is 4.39 Å². The molecule has 2 rings (SSSR count). The second kappa shape index (κ2) is 7.98. The first-order chi connectivity index (χ1) is 11.1. The van der Waals surface area contributed by atoms with Gasteiger partial charge >= 0.3 is 5.97 Å². The van der Waals surface area contributed by atoms with Crippen LogP contribution in [0.15, 0.2) is 48.5 Å². The van der Waals surface area contributed by atoms with Gasteiger partial charge in [0.2, 0.25) is 0 Å². The summed E-state index contributed by atoms with van der Waals surface area (Å²) in [5, 5.41) is 8.66. The summed E-state index contributed by atoms with van der Waals surface area (Å²) in [5.74, 6) is -0.233. The van der Waals surface area contributed by atoms with Crippen LogP contribution >= 0.6 is 0 Å². The number of aliphatic carboxylic acids is 1. The summed E-state index contributed by atoms with van der Waals surface area (Å²) in [7, 11) is 0. The van der Waals surface area contributed by atoms with E-state index in [1.54, 1.807) is 30.3 Å². The first-order valence-electron chi connectivity index (χ1n) is 7.13. The number of carboxylic acid groups (broad SMARTS) is 1. The minimum absolute atomic E-state index is 0.282. The van der Waals surface area contributed by atoms with Crippen molar-refractivity contribution in [1.82, 2.24) is 0 Å². The molecule has 0 spiro atoms. The van der Waals surface area contributed by atoms with Crippen LogP contribution in [0.25, 0.3) is 6.08 Å². The molecule has 0 unspecified atom stereocenters. The molecule has 0 aromatic heterocycles. The summed E-state index contributed by atoms with van der Waals surface area (Å²) in [6.45, 7) is 2.59. The number of carboxylic acids is 1. The lowest BCUT2D eigenvalue weighted by atomic mass is 10.2. The Balaban J connectivity index is 2.13. The zero-order valence-electron chi connectivity index (χ0n) is 12.7. The number of ether oxygens (including phenoxy) is 2. The van der Waals surface area contributed by atoms with Crippen molar-refractivity contribution in [3.63, 3.8) is 0 Å². The maximum absolute atomic E-state index is 12.9. The largest absolute Gasteiger partial charge is 0.490 e. The van der Waals surface area contributed by atoms with Gasteiger partial charge in [-0.1, -0.05) is 18.2 Å². The molecular formula is C18H17FO4. The van der Waals surface area contributed by atoms with Crippen LogP contribution in [0.3, 0.4) is 0 Å². The highest BCUT2D eigenvalue weighted by Crippen LogP contribution is 2.29. The normalized spacial score (nSPS) is 10.7. The lowest BCUT2D eigenvalue weighted by molar-refractivity contribution is -0.131. The molecule has 4 nitrogen and oxygen atoms in total. The van der Waals surface area contributed by atoms with E-state index in [2.05, 4.69) is 0 Å². The Bertz CT molecular complexity index is 693. The number of halogens is 1. The minimum Gasteiger partial charge on any atom is -0.490 e. The van der Waals surface area contributed by atoms with Crippen molar-refractivity contribution < 1.29 is 23.8 Å². The van der Waals surface area contributed by atoms with Crippen LogP contribution in [-0.2, 0) is 11.4 Å². The predicted octanol–water partition coefficient (Wildman–Crippen LogP) is 3.90. The molecule has 120 valence electrons. The first-order valence-corrected chi connectivity index (χ1v) is 7.13. The van der Waals surface area contributed by atoms with E-state index in [1.165, 1.54) is 18.2 Å². The molecule has 0 aliphatic heterocycles. The Labute approximate surface area is 133 Å². The van der Waals surface area contributed by atoms with Crippen molar-refractivity contribution in [2.24, 2.45) is 0 Å². The van der Waals surface area contributed by atoms with Crippen LogP contribution < -0.4 is 9.47 Å². The third-order valence-corrected chi connectivity index (χ3v) is 2.99. The zero-order valence-corrected chi connectivity index (χ0v) is 12.7. The van der Waals surface area contributed by atoms with E-state index in [9.17, 15) is 9.18 Å². The van der Waals surface area contributed by atoms with Gasteiger partial charge in [0.25, 0.3) is 0 Å². The summed E-state index contributed by atoms with van der Waals surface area (Å²) in [5.41, 5.74) is 1.54. The maximum atomic E-state index is 12.9. The molecule has 0 saturated heterocycles. The smallest absolute Gasteiger partial charge is 0.328 e. The van der Waals surface area contributed by atoms with Crippen LogP contribution in [0.1, 0.15) is 18.1 Å². The monoisotopic (exact) mass is 316 g/mol. The van der Waals surface area contributed by atoms with Gasteiger partial charge in [0.15, 0.2) is 11.5 Å². The number of rotatable bonds is 7. The molecule has 0 atom stereocenters. The van der Waals surface area contributed by atoms with Gasteiger partial charge in [0.1, 0.15) is 12.4 Å². The standard InChI is InChI=1S/C18H17FO4/c1-2-22-17-11-13(6-10-18(20)21)5-9-16(17)23-12-14-3-7-15(19)8-4-14/h3-11H,2,12H2,1H3,(H,20,21)/b10-6+. The third-order valence-electron chi connectivity index (χ3n) is 2.99. The molecule has 5 heteroatoms. The van der Waals surface area contributed by atoms with Crippen molar-refractivity contribution in [1.29, 1.82) is 0 Å².